The number of hydrogen-bond donors (Lipinski definition) is 5. The van der Waals surface area contributed by atoms with Gasteiger partial charge < -0.3 is 35.2 Å². The second-order valence-corrected chi connectivity index (χ2v) is 7.69. The van der Waals surface area contributed by atoms with Gasteiger partial charge in [-0.25, -0.2) is 9.18 Å². The molecular weight excluding hydrogens is 449 g/mol. The summed E-state index contributed by atoms with van der Waals surface area (Å²) >= 11 is 6.05. The molecule has 2 aromatic rings. The lowest BCUT2D eigenvalue weighted by molar-refractivity contribution is -0.286. The second kappa shape index (κ2) is 9.80. The molecule has 0 amide bonds. The fourth-order valence-corrected chi connectivity index (χ4v) is 3.43. The van der Waals surface area contributed by atoms with E-state index in [9.17, 15) is 29.3 Å². The fraction of sp³-hybridized carbons (Fsp3) is 0.333. The largest absolute Gasteiger partial charge is 0.479 e. The van der Waals surface area contributed by atoms with Crippen molar-refractivity contribution in [1.29, 1.82) is 0 Å². The molecule has 0 spiro atoms. The molecule has 1 saturated heterocycles. The van der Waals surface area contributed by atoms with Crippen LogP contribution in [0.25, 0.3) is 0 Å². The first-order valence-corrected chi connectivity index (χ1v) is 9.88. The number of nitrogens with one attached hydrogen (secondary N) is 1. The molecule has 5 atom stereocenters. The lowest BCUT2D eigenvalue weighted by Crippen LogP contribution is -2.60. The molecule has 0 saturated carbocycles. The molecule has 0 aliphatic carbocycles. The molecule has 3 rings (SSSR count). The summed E-state index contributed by atoms with van der Waals surface area (Å²) in [7, 11) is 0. The normalized spacial score (nSPS) is 25.2. The third kappa shape index (κ3) is 5.17. The van der Waals surface area contributed by atoms with Gasteiger partial charge in [0.1, 0.15) is 24.1 Å². The monoisotopic (exact) mass is 469 g/mol. The van der Waals surface area contributed by atoms with Crippen LogP contribution in [0.4, 0.5) is 15.8 Å². The summed E-state index contributed by atoms with van der Waals surface area (Å²) in [6.07, 6.45) is -9.75. The molecule has 1 heterocycles. The van der Waals surface area contributed by atoms with E-state index in [1.165, 1.54) is 18.2 Å². The van der Waals surface area contributed by atoms with Crippen LogP contribution in [-0.2, 0) is 25.5 Å². The van der Waals surface area contributed by atoms with Crippen molar-refractivity contribution in [3.63, 3.8) is 0 Å². The van der Waals surface area contributed by atoms with E-state index in [0.717, 1.165) is 5.56 Å². The smallest absolute Gasteiger partial charge is 0.335 e. The second-order valence-electron chi connectivity index (χ2n) is 7.28. The van der Waals surface area contributed by atoms with Crippen LogP contribution in [0.1, 0.15) is 11.1 Å². The quantitative estimate of drug-likeness (QED) is 0.397. The highest BCUT2D eigenvalue weighted by Gasteiger charge is 2.48. The van der Waals surface area contributed by atoms with Crippen LogP contribution in [0.15, 0.2) is 36.4 Å². The molecule has 1 fully saturated rings. The number of aliphatic hydroxyl groups excluding tert-OH is 3. The zero-order valence-electron chi connectivity index (χ0n) is 16.7. The first-order chi connectivity index (χ1) is 15.1. The lowest BCUT2D eigenvalue weighted by Gasteiger charge is -2.37. The van der Waals surface area contributed by atoms with E-state index in [2.05, 4.69) is 5.32 Å². The van der Waals surface area contributed by atoms with Gasteiger partial charge in [-0.3, -0.25) is 4.79 Å². The van der Waals surface area contributed by atoms with Crippen molar-refractivity contribution in [3.05, 3.63) is 58.4 Å². The number of hydrogen-bond acceptors (Lipinski definition) is 8. The van der Waals surface area contributed by atoms with Gasteiger partial charge in [0, 0.05) is 5.69 Å². The molecule has 0 aromatic heterocycles. The van der Waals surface area contributed by atoms with E-state index < -0.39 is 48.5 Å². The van der Waals surface area contributed by atoms with Gasteiger partial charge in [0.2, 0.25) is 6.29 Å². The summed E-state index contributed by atoms with van der Waals surface area (Å²) < 4.78 is 24.1. The Balaban J connectivity index is 1.78. The number of carboxylic acid groups (broad SMARTS) is 1. The van der Waals surface area contributed by atoms with E-state index in [1.54, 1.807) is 25.1 Å². The number of ether oxygens (including phenoxy) is 2. The Morgan fingerprint density at radius 3 is 2.53 bits per heavy atom. The molecule has 2 aromatic carbocycles. The van der Waals surface area contributed by atoms with E-state index in [-0.39, 0.29) is 17.1 Å². The Labute approximate surface area is 187 Å². The number of rotatable bonds is 6. The zero-order valence-corrected chi connectivity index (χ0v) is 17.5. The van der Waals surface area contributed by atoms with Gasteiger partial charge in [-0.05, 0) is 30.7 Å². The number of benzene rings is 2. The SMILES string of the molecule is Cc1ccc(Nc2c(F)cccc2Cl)c(CC(=O)O[C@@H]2O[C@H](C(=O)O)[C@H](O)[C@H](O)[C@H]2O)c1. The van der Waals surface area contributed by atoms with Crippen LogP contribution in [0.2, 0.25) is 5.02 Å². The van der Waals surface area contributed by atoms with E-state index in [0.29, 0.717) is 11.3 Å². The molecule has 0 radical (unpaired) electrons. The van der Waals surface area contributed by atoms with E-state index >= 15 is 0 Å². The van der Waals surface area contributed by atoms with Gasteiger partial charge in [-0.15, -0.1) is 0 Å². The molecule has 11 heteroatoms. The van der Waals surface area contributed by atoms with Gasteiger partial charge in [0.15, 0.2) is 6.10 Å². The maximum absolute atomic E-state index is 14.2. The average Bonchev–Trinajstić information content (AvgIpc) is 2.72. The van der Waals surface area contributed by atoms with Gasteiger partial charge in [-0.2, -0.15) is 0 Å². The first-order valence-electron chi connectivity index (χ1n) is 9.51. The number of carbonyl (C=O) groups excluding carboxylic acids is 1. The van der Waals surface area contributed by atoms with Crippen molar-refractivity contribution in [3.8, 4) is 0 Å². The van der Waals surface area contributed by atoms with Crippen LogP contribution >= 0.6 is 11.6 Å². The Morgan fingerprint density at radius 1 is 1.16 bits per heavy atom. The lowest BCUT2D eigenvalue weighted by atomic mass is 9.99. The minimum absolute atomic E-state index is 0.0140. The predicted molar refractivity (Wildman–Crippen MR) is 110 cm³/mol. The average molecular weight is 470 g/mol. The van der Waals surface area contributed by atoms with Crippen LogP contribution in [0, 0.1) is 12.7 Å². The number of aryl methyl sites for hydroxylation is 1. The van der Waals surface area contributed by atoms with Crippen molar-refractivity contribution in [2.45, 2.75) is 44.1 Å². The Kier molecular flexibility index (Phi) is 7.32. The van der Waals surface area contributed by atoms with E-state index in [4.69, 9.17) is 26.2 Å². The van der Waals surface area contributed by atoms with Crippen molar-refractivity contribution in [2.75, 3.05) is 5.32 Å². The summed E-state index contributed by atoms with van der Waals surface area (Å²) in [6.45, 7) is 1.78. The first kappa shape index (κ1) is 23.9. The number of halogens is 2. The minimum atomic E-state index is -1.91. The Hall–Kier alpha value is -2.76. The van der Waals surface area contributed by atoms with Gasteiger partial charge in [-0.1, -0.05) is 35.4 Å². The third-order valence-electron chi connectivity index (χ3n) is 4.88. The number of carboxylic acids is 1. The number of anilines is 2. The maximum Gasteiger partial charge on any atom is 0.335 e. The maximum atomic E-state index is 14.2. The molecule has 0 bridgehead atoms. The van der Waals surface area contributed by atoms with Gasteiger partial charge >= 0.3 is 11.9 Å². The molecule has 1 aliphatic heterocycles. The summed E-state index contributed by atoms with van der Waals surface area (Å²) in [6, 6.07) is 9.16. The van der Waals surface area contributed by atoms with Gasteiger partial charge in [0.05, 0.1) is 17.1 Å². The molecule has 1 aliphatic rings. The van der Waals surface area contributed by atoms with Crippen molar-refractivity contribution in [2.24, 2.45) is 0 Å². The Morgan fingerprint density at radius 2 is 1.88 bits per heavy atom. The molecule has 9 nitrogen and oxygen atoms in total. The number of para-hydroxylation sites is 1. The van der Waals surface area contributed by atoms with Crippen LogP contribution < -0.4 is 5.32 Å². The summed E-state index contributed by atoms with van der Waals surface area (Å²) in [5.41, 5.74) is 1.56. The highest BCUT2D eigenvalue weighted by molar-refractivity contribution is 6.33. The van der Waals surface area contributed by atoms with Crippen LogP contribution in [0.5, 0.6) is 0 Å². The number of carbonyl (C=O) groups is 2. The number of aliphatic carboxylic acids is 1. The summed E-state index contributed by atoms with van der Waals surface area (Å²) in [4.78, 5) is 23.7. The number of aliphatic hydroxyl groups is 3. The molecule has 5 N–H and O–H groups in total. The van der Waals surface area contributed by atoms with Crippen LogP contribution in [0.3, 0.4) is 0 Å². The van der Waals surface area contributed by atoms with Gasteiger partial charge in [0.25, 0.3) is 0 Å². The highest BCUT2D eigenvalue weighted by Crippen LogP contribution is 2.31. The van der Waals surface area contributed by atoms with Crippen molar-refractivity contribution >= 4 is 34.9 Å². The Bertz CT molecular complexity index is 999. The minimum Gasteiger partial charge on any atom is -0.479 e. The summed E-state index contributed by atoms with van der Waals surface area (Å²) in [5, 5.41) is 41.6. The topological polar surface area (TPSA) is 146 Å². The third-order valence-corrected chi connectivity index (χ3v) is 5.19. The summed E-state index contributed by atoms with van der Waals surface area (Å²) in [5.74, 6) is -3.12. The molecular formula is C21H21ClFNO8. The standard InChI is InChI=1S/C21H21ClFNO8/c1-9-5-6-13(24-15-11(22)3-2-4-12(15)23)10(7-9)8-14(25)31-21-18(28)16(26)17(27)19(32-21)20(29)30/h2-7,16-19,21,24,26-28H,8H2,1H3,(H,29,30)/t16-,17+,18+,19-,21+/m0/s1. The molecule has 172 valence electrons. The molecule has 32 heavy (non-hydrogen) atoms. The van der Waals surface area contributed by atoms with E-state index in [1.807, 2.05) is 0 Å². The fourth-order valence-electron chi connectivity index (χ4n) is 3.22. The molecule has 0 unspecified atom stereocenters. The highest BCUT2D eigenvalue weighted by atomic mass is 35.5. The predicted octanol–water partition coefficient (Wildman–Crippen LogP) is 1.51. The zero-order chi connectivity index (χ0) is 23.6. The van der Waals surface area contributed by atoms with Crippen molar-refractivity contribution < 1.29 is 43.9 Å². The number of esters is 1. The van der Waals surface area contributed by atoms with Crippen LogP contribution in [-0.4, -0.2) is 63.1 Å². The van der Waals surface area contributed by atoms with Crippen molar-refractivity contribution in [1.82, 2.24) is 0 Å².